The van der Waals surface area contributed by atoms with E-state index in [9.17, 15) is 9.59 Å². The van der Waals surface area contributed by atoms with Gasteiger partial charge < -0.3 is 14.8 Å². The average molecular weight is 355 g/mol. The molecule has 3 rings (SSSR count). The first-order chi connectivity index (χ1) is 12.6. The average Bonchev–Trinajstić information content (AvgIpc) is 2.67. The number of rotatable bonds is 5. The molecule has 1 aliphatic rings. The molecule has 1 aromatic heterocycles. The van der Waals surface area contributed by atoms with Gasteiger partial charge in [-0.25, -0.2) is 4.98 Å². The third-order valence-electron chi connectivity index (χ3n) is 4.63. The van der Waals surface area contributed by atoms with Crippen LogP contribution in [0.3, 0.4) is 0 Å². The van der Waals surface area contributed by atoms with Crippen LogP contribution in [0, 0.1) is 0 Å². The highest BCUT2D eigenvalue weighted by Gasteiger charge is 2.29. The lowest BCUT2D eigenvalue weighted by molar-refractivity contribution is -0.131. The van der Waals surface area contributed by atoms with Crippen molar-refractivity contribution in [2.45, 2.75) is 24.9 Å². The number of hydrogen-bond acceptors (Lipinski definition) is 5. The highest BCUT2D eigenvalue weighted by Crippen LogP contribution is 2.20. The molecule has 2 aromatic rings. The van der Waals surface area contributed by atoms with Crippen molar-refractivity contribution in [3.8, 4) is 0 Å². The van der Waals surface area contributed by atoms with Crippen LogP contribution in [0.2, 0.25) is 0 Å². The molecule has 26 heavy (non-hydrogen) atoms. The molecular weight excluding hydrogens is 330 g/mol. The Bertz CT molecular complexity index is 790. The Morgan fingerprint density at radius 2 is 2.12 bits per heavy atom. The summed E-state index contributed by atoms with van der Waals surface area (Å²) in [4.78, 5) is 35.2. The number of aromatic amines is 1. The largest absolute Gasteiger partial charge is 0.350 e. The van der Waals surface area contributed by atoms with Crippen molar-refractivity contribution in [1.82, 2.24) is 20.2 Å². The summed E-state index contributed by atoms with van der Waals surface area (Å²) in [6.45, 7) is 1.43. The lowest BCUT2D eigenvalue weighted by Gasteiger charge is -2.35. The molecule has 2 heterocycles. The van der Waals surface area contributed by atoms with Gasteiger partial charge in [-0.1, -0.05) is 30.3 Å². The first-order valence-electron chi connectivity index (χ1n) is 8.87. The van der Waals surface area contributed by atoms with Crippen LogP contribution in [0.15, 0.2) is 47.5 Å². The van der Waals surface area contributed by atoms with Gasteiger partial charge in [0.25, 0.3) is 5.56 Å². The topological polar surface area (TPSA) is 81.3 Å². The van der Waals surface area contributed by atoms with Crippen LogP contribution in [0.25, 0.3) is 0 Å². The van der Waals surface area contributed by atoms with Crippen LogP contribution in [-0.2, 0) is 4.79 Å². The van der Waals surface area contributed by atoms with Gasteiger partial charge in [-0.3, -0.25) is 14.9 Å². The monoisotopic (exact) mass is 355 g/mol. The summed E-state index contributed by atoms with van der Waals surface area (Å²) in [5.41, 5.74) is 0.760. The number of amides is 1. The van der Waals surface area contributed by atoms with Gasteiger partial charge >= 0.3 is 0 Å². The van der Waals surface area contributed by atoms with Crippen LogP contribution in [0.1, 0.15) is 24.4 Å². The van der Waals surface area contributed by atoms with Crippen LogP contribution in [-0.4, -0.2) is 54.0 Å². The number of H-pyrrole nitrogens is 1. The number of hydrogen-bond donors (Lipinski definition) is 2. The van der Waals surface area contributed by atoms with E-state index in [0.717, 1.165) is 24.9 Å². The molecule has 7 heteroatoms. The molecule has 2 N–H and O–H groups in total. The summed E-state index contributed by atoms with van der Waals surface area (Å²) in [5, 5.41) is 3.50. The Kier molecular flexibility index (Phi) is 5.68. The maximum absolute atomic E-state index is 12.7. The van der Waals surface area contributed by atoms with Crippen molar-refractivity contribution in [3.05, 3.63) is 58.6 Å². The van der Waals surface area contributed by atoms with Crippen molar-refractivity contribution in [2.24, 2.45) is 0 Å². The number of carbonyl (C=O) groups excluding carboxylic acids is 1. The number of anilines is 1. The maximum atomic E-state index is 12.7. The predicted octanol–water partition coefficient (Wildman–Crippen LogP) is 1.16. The van der Waals surface area contributed by atoms with E-state index in [1.807, 2.05) is 35.2 Å². The Morgan fingerprint density at radius 1 is 1.35 bits per heavy atom. The van der Waals surface area contributed by atoms with Crippen molar-refractivity contribution >= 4 is 11.7 Å². The second kappa shape index (κ2) is 8.14. The molecule has 1 saturated heterocycles. The Morgan fingerprint density at radius 3 is 2.81 bits per heavy atom. The zero-order valence-electron chi connectivity index (χ0n) is 15.2. The molecule has 0 spiro atoms. The van der Waals surface area contributed by atoms with E-state index in [-0.39, 0.29) is 17.5 Å². The van der Waals surface area contributed by atoms with Gasteiger partial charge in [0.05, 0.1) is 0 Å². The van der Waals surface area contributed by atoms with Crippen molar-refractivity contribution in [2.75, 3.05) is 32.1 Å². The fourth-order valence-electron chi connectivity index (χ4n) is 3.32. The van der Waals surface area contributed by atoms with E-state index in [2.05, 4.69) is 15.3 Å². The van der Waals surface area contributed by atoms with E-state index < -0.39 is 6.04 Å². The Balaban J connectivity index is 1.77. The van der Waals surface area contributed by atoms with Gasteiger partial charge in [0.1, 0.15) is 6.04 Å². The van der Waals surface area contributed by atoms with E-state index in [1.54, 1.807) is 25.2 Å². The van der Waals surface area contributed by atoms with Crippen molar-refractivity contribution < 1.29 is 4.79 Å². The summed E-state index contributed by atoms with van der Waals surface area (Å²) in [7, 11) is 3.53. The fraction of sp³-hybridized carbons (Fsp3) is 0.421. The minimum atomic E-state index is -0.404. The summed E-state index contributed by atoms with van der Waals surface area (Å²) >= 11 is 0. The highest BCUT2D eigenvalue weighted by atomic mass is 16.2. The van der Waals surface area contributed by atoms with Crippen LogP contribution < -0.4 is 15.8 Å². The first kappa shape index (κ1) is 18.1. The lowest BCUT2D eigenvalue weighted by atomic mass is 10.0. The predicted molar refractivity (Wildman–Crippen MR) is 101 cm³/mol. The number of likely N-dealkylation sites (N-methyl/N-ethyl adjacent to an activating group) is 1. The SMILES string of the molecule is CN(C)C(=O)C(NC1CCCN(c2ncc[nH]c2=O)C1)c1ccccc1. The van der Waals surface area contributed by atoms with E-state index in [0.29, 0.717) is 12.4 Å². The molecule has 0 bridgehead atoms. The molecule has 0 radical (unpaired) electrons. The molecule has 2 atom stereocenters. The standard InChI is InChI=1S/C19H25N5O2/c1-23(2)19(26)16(14-7-4-3-5-8-14)22-15-9-6-12-24(13-15)17-18(25)21-11-10-20-17/h3-5,7-8,10-11,15-16,22H,6,9,12-13H2,1-2H3,(H,21,25). The number of aromatic nitrogens is 2. The minimum absolute atomic E-state index is 0.0176. The van der Waals surface area contributed by atoms with Gasteiger partial charge in [-0.05, 0) is 18.4 Å². The number of nitrogens with one attached hydrogen (secondary N) is 2. The van der Waals surface area contributed by atoms with Crippen molar-refractivity contribution in [1.29, 1.82) is 0 Å². The molecule has 0 aliphatic carbocycles. The maximum Gasteiger partial charge on any atom is 0.290 e. The van der Waals surface area contributed by atoms with Crippen LogP contribution in [0.4, 0.5) is 5.82 Å². The molecule has 1 aliphatic heterocycles. The van der Waals surface area contributed by atoms with E-state index >= 15 is 0 Å². The summed E-state index contributed by atoms with van der Waals surface area (Å²) < 4.78 is 0. The fourth-order valence-corrected chi connectivity index (χ4v) is 3.32. The zero-order chi connectivity index (χ0) is 18.5. The number of piperidine rings is 1. The molecule has 1 aromatic carbocycles. The lowest BCUT2D eigenvalue weighted by Crippen LogP contribution is -2.50. The van der Waals surface area contributed by atoms with Gasteiger partial charge in [0.15, 0.2) is 5.82 Å². The van der Waals surface area contributed by atoms with E-state index in [1.165, 1.54) is 6.20 Å². The second-order valence-corrected chi connectivity index (χ2v) is 6.77. The van der Waals surface area contributed by atoms with Gasteiger partial charge in [0, 0.05) is 45.6 Å². The molecule has 138 valence electrons. The molecular formula is C19H25N5O2. The quantitative estimate of drug-likeness (QED) is 0.841. The molecule has 2 unspecified atom stereocenters. The van der Waals surface area contributed by atoms with E-state index in [4.69, 9.17) is 0 Å². The van der Waals surface area contributed by atoms with Crippen LogP contribution in [0.5, 0.6) is 0 Å². The summed E-state index contributed by atoms with van der Waals surface area (Å²) in [5.74, 6) is 0.457. The smallest absolute Gasteiger partial charge is 0.290 e. The summed E-state index contributed by atoms with van der Waals surface area (Å²) in [6.07, 6.45) is 5.01. The first-order valence-corrected chi connectivity index (χ1v) is 8.87. The number of carbonyl (C=O) groups is 1. The minimum Gasteiger partial charge on any atom is -0.350 e. The normalized spacial score (nSPS) is 18.4. The molecule has 1 amide bonds. The van der Waals surface area contributed by atoms with Gasteiger partial charge in [-0.15, -0.1) is 0 Å². The third-order valence-corrected chi connectivity index (χ3v) is 4.63. The van der Waals surface area contributed by atoms with Gasteiger partial charge in [0.2, 0.25) is 5.91 Å². The van der Waals surface area contributed by atoms with Crippen LogP contribution >= 0.6 is 0 Å². The molecule has 7 nitrogen and oxygen atoms in total. The Hall–Kier alpha value is -2.67. The highest BCUT2D eigenvalue weighted by molar-refractivity contribution is 5.82. The summed E-state index contributed by atoms with van der Waals surface area (Å²) in [6, 6.07) is 9.43. The Labute approximate surface area is 153 Å². The number of nitrogens with zero attached hydrogens (tertiary/aromatic N) is 3. The molecule has 1 fully saturated rings. The van der Waals surface area contributed by atoms with Gasteiger partial charge in [-0.2, -0.15) is 0 Å². The van der Waals surface area contributed by atoms with Crippen molar-refractivity contribution in [3.63, 3.8) is 0 Å². The molecule has 0 saturated carbocycles. The number of benzene rings is 1. The second-order valence-electron chi connectivity index (χ2n) is 6.77. The third kappa shape index (κ3) is 4.11. The zero-order valence-corrected chi connectivity index (χ0v) is 15.2.